The highest BCUT2D eigenvalue weighted by atomic mass is 32.2. The van der Waals surface area contributed by atoms with Gasteiger partial charge in [-0.15, -0.1) is 0 Å². The van der Waals surface area contributed by atoms with Crippen LogP contribution in [0.25, 0.3) is 0 Å². The van der Waals surface area contributed by atoms with Crippen molar-refractivity contribution < 1.29 is 33.3 Å². The maximum atomic E-state index is 13.4. The van der Waals surface area contributed by atoms with Crippen LogP contribution in [-0.2, 0) is 25.4 Å². The maximum absolute atomic E-state index is 13.4. The summed E-state index contributed by atoms with van der Waals surface area (Å²) in [7, 11) is -2.11. The van der Waals surface area contributed by atoms with Gasteiger partial charge in [-0.2, -0.15) is 0 Å². The monoisotopic (exact) mass is 627 g/mol. The van der Waals surface area contributed by atoms with Gasteiger partial charge in [0.25, 0.3) is 5.69 Å². The Balaban J connectivity index is 1.78. The summed E-state index contributed by atoms with van der Waals surface area (Å²) in [5.41, 5.74) is 6.26. The van der Waals surface area contributed by atoms with Crippen LogP contribution in [0.15, 0.2) is 60.3 Å². The van der Waals surface area contributed by atoms with Gasteiger partial charge < -0.3 is 19.8 Å². The molecule has 2 atom stereocenters. The molecular formula is C30H37N3O8SSi. The van der Waals surface area contributed by atoms with Crippen LogP contribution in [0.1, 0.15) is 60.4 Å². The molecule has 1 fully saturated rings. The van der Waals surface area contributed by atoms with Crippen molar-refractivity contribution in [2.24, 2.45) is 5.73 Å². The first-order valence-electron chi connectivity index (χ1n) is 13.7. The molecule has 0 bridgehead atoms. The van der Waals surface area contributed by atoms with Gasteiger partial charge in [0.2, 0.25) is 16.9 Å². The molecule has 43 heavy (non-hydrogen) atoms. The summed E-state index contributed by atoms with van der Waals surface area (Å²) in [5, 5.41) is 9.68. The first-order valence-corrected chi connectivity index (χ1v) is 17.5. The number of primary amides is 1. The Morgan fingerprint density at radius 1 is 1.12 bits per heavy atom. The molecule has 1 heterocycles. The number of likely N-dealkylation sites (tertiary alicyclic amines) is 1. The minimum Gasteiger partial charge on any atom is -0.456 e. The molecule has 13 heteroatoms. The predicted octanol–water partition coefficient (Wildman–Crippen LogP) is 5.21. The third kappa shape index (κ3) is 7.97. The lowest BCUT2D eigenvalue weighted by atomic mass is 9.96. The van der Waals surface area contributed by atoms with Crippen molar-refractivity contribution in [3.8, 4) is 0 Å². The highest BCUT2D eigenvalue weighted by Crippen LogP contribution is 2.40. The van der Waals surface area contributed by atoms with E-state index < -0.39 is 47.4 Å². The molecule has 0 spiro atoms. The number of nitrogens with two attached hydrogens (primary N) is 1. The number of ether oxygens (including phenoxy) is 1. The van der Waals surface area contributed by atoms with E-state index in [1.807, 2.05) is 0 Å². The second kappa shape index (κ2) is 13.7. The Kier molecular flexibility index (Phi) is 10.7. The summed E-state index contributed by atoms with van der Waals surface area (Å²) >= 11 is 0.836. The van der Waals surface area contributed by atoms with Gasteiger partial charge in [-0.05, 0) is 61.3 Å². The fourth-order valence-corrected chi connectivity index (χ4v) is 6.34. The molecule has 2 amide bonds. The SMILES string of the molecule is CC=C(C(=O)OCc1ccc([N+](=O)[O-])cc1)N1C(=O)[C@@H](SC(=O)c2cccc(C(N)=O)c2)[C@H]1CCO[Si](C)(C)C(C)(C)C. The van der Waals surface area contributed by atoms with Crippen LogP contribution in [0.2, 0.25) is 18.1 Å². The van der Waals surface area contributed by atoms with E-state index >= 15 is 0 Å². The van der Waals surface area contributed by atoms with Gasteiger partial charge >= 0.3 is 5.97 Å². The molecule has 0 saturated carbocycles. The zero-order valence-corrected chi connectivity index (χ0v) is 26.9. The number of non-ortho nitro benzene ring substituents is 1. The van der Waals surface area contributed by atoms with E-state index in [1.54, 1.807) is 19.1 Å². The minimum absolute atomic E-state index is 0.0317. The third-order valence-electron chi connectivity index (χ3n) is 7.72. The lowest BCUT2D eigenvalue weighted by Gasteiger charge is -2.47. The van der Waals surface area contributed by atoms with Crippen LogP contribution in [0.3, 0.4) is 0 Å². The lowest BCUT2D eigenvalue weighted by Crippen LogP contribution is -2.64. The van der Waals surface area contributed by atoms with Gasteiger partial charge in [0.1, 0.15) is 17.6 Å². The average Bonchev–Trinajstić information content (AvgIpc) is 2.95. The van der Waals surface area contributed by atoms with Crippen LogP contribution >= 0.6 is 11.8 Å². The summed E-state index contributed by atoms with van der Waals surface area (Å²) < 4.78 is 11.8. The average molecular weight is 628 g/mol. The number of hydrogen-bond donors (Lipinski definition) is 1. The van der Waals surface area contributed by atoms with Crippen LogP contribution in [0.5, 0.6) is 0 Å². The summed E-state index contributed by atoms with van der Waals surface area (Å²) in [6.45, 7) is 12.4. The molecular weight excluding hydrogens is 590 g/mol. The molecule has 230 valence electrons. The number of carbonyl (C=O) groups is 4. The predicted molar refractivity (Wildman–Crippen MR) is 166 cm³/mol. The van der Waals surface area contributed by atoms with Crippen LogP contribution in [0, 0.1) is 10.1 Å². The van der Waals surface area contributed by atoms with Crippen molar-refractivity contribution in [3.05, 3.63) is 87.1 Å². The van der Waals surface area contributed by atoms with Gasteiger partial charge in [-0.25, -0.2) is 4.79 Å². The van der Waals surface area contributed by atoms with Crippen molar-refractivity contribution >= 4 is 48.7 Å². The minimum atomic E-state index is -2.11. The van der Waals surface area contributed by atoms with Crippen molar-refractivity contribution in [2.75, 3.05) is 6.61 Å². The van der Waals surface area contributed by atoms with Crippen LogP contribution in [0.4, 0.5) is 5.69 Å². The fourth-order valence-electron chi connectivity index (χ4n) is 4.15. The number of thioether (sulfide) groups is 1. The Hall–Kier alpha value is -3.81. The van der Waals surface area contributed by atoms with Crippen molar-refractivity contribution in [1.82, 2.24) is 4.90 Å². The van der Waals surface area contributed by atoms with Gasteiger partial charge in [0.05, 0.1) is 11.0 Å². The number of allylic oxidation sites excluding steroid dienone is 1. The molecule has 2 N–H and O–H groups in total. The molecule has 0 aromatic heterocycles. The number of hydrogen-bond acceptors (Lipinski definition) is 9. The molecule has 11 nitrogen and oxygen atoms in total. The lowest BCUT2D eigenvalue weighted by molar-refractivity contribution is -0.384. The quantitative estimate of drug-likeness (QED) is 0.0833. The topological polar surface area (TPSA) is 159 Å². The van der Waals surface area contributed by atoms with Crippen LogP contribution < -0.4 is 5.73 Å². The zero-order chi connectivity index (χ0) is 32.1. The Morgan fingerprint density at radius 2 is 1.74 bits per heavy atom. The molecule has 3 rings (SSSR count). The van der Waals surface area contributed by atoms with E-state index in [9.17, 15) is 29.3 Å². The number of β-lactam (4-membered cyclic amide) rings is 1. The van der Waals surface area contributed by atoms with Gasteiger partial charge in [-0.3, -0.25) is 24.5 Å². The van der Waals surface area contributed by atoms with Gasteiger partial charge in [0, 0.05) is 29.9 Å². The van der Waals surface area contributed by atoms with Gasteiger partial charge in [0.15, 0.2) is 8.32 Å². The molecule has 1 aliphatic heterocycles. The Morgan fingerprint density at radius 3 is 2.30 bits per heavy atom. The summed E-state index contributed by atoms with van der Waals surface area (Å²) in [4.78, 5) is 63.1. The first kappa shape index (κ1) is 33.7. The maximum Gasteiger partial charge on any atom is 0.355 e. The van der Waals surface area contributed by atoms with E-state index in [2.05, 4.69) is 33.9 Å². The second-order valence-electron chi connectivity index (χ2n) is 11.6. The van der Waals surface area contributed by atoms with E-state index in [1.165, 1.54) is 47.4 Å². The number of nitro benzene ring substituents is 1. The first-order chi connectivity index (χ1) is 20.1. The number of amides is 2. The number of esters is 1. The van der Waals surface area contributed by atoms with Crippen molar-refractivity contribution in [1.29, 1.82) is 0 Å². The molecule has 0 radical (unpaired) electrons. The van der Waals surface area contributed by atoms with Crippen molar-refractivity contribution in [2.45, 2.75) is 70.1 Å². The van der Waals surface area contributed by atoms with E-state index in [0.717, 1.165) is 11.8 Å². The molecule has 0 aliphatic carbocycles. The second-order valence-corrected chi connectivity index (χ2v) is 17.5. The fraction of sp³-hybridized carbons (Fsp3) is 0.400. The number of carbonyl (C=O) groups excluding carboxylic acids is 4. The summed E-state index contributed by atoms with van der Waals surface area (Å²) in [6, 6.07) is 11.1. The van der Waals surface area contributed by atoms with E-state index in [-0.39, 0.29) is 34.2 Å². The molecule has 2 aromatic carbocycles. The Bertz CT molecular complexity index is 1440. The smallest absolute Gasteiger partial charge is 0.355 e. The highest BCUT2D eigenvalue weighted by molar-refractivity contribution is 8.15. The highest BCUT2D eigenvalue weighted by Gasteiger charge is 2.51. The van der Waals surface area contributed by atoms with Crippen molar-refractivity contribution in [3.63, 3.8) is 0 Å². The number of nitro groups is 1. The largest absolute Gasteiger partial charge is 0.456 e. The number of benzene rings is 2. The summed E-state index contributed by atoms with van der Waals surface area (Å²) in [6.07, 6.45) is 1.86. The zero-order valence-electron chi connectivity index (χ0n) is 25.1. The summed E-state index contributed by atoms with van der Waals surface area (Å²) in [5.74, 6) is -1.84. The molecule has 1 saturated heterocycles. The molecule has 0 unspecified atom stereocenters. The molecule has 1 aliphatic rings. The standard InChI is InChI=1S/C30H37N3O8SSi/c1-7-23(28(36)40-18-19-11-13-22(14-12-19)33(38)39)32-24(15-16-41-43(5,6)30(2,3)4)25(27(32)35)42-29(37)21-10-8-9-20(17-21)26(31)34/h7-14,17,24-25H,15-16,18H2,1-6H3,(H2,31,34)/t24-,25+/m1/s1. The number of nitrogens with zero attached hydrogens (tertiary/aromatic N) is 2. The molecule has 2 aromatic rings. The van der Waals surface area contributed by atoms with E-state index in [0.29, 0.717) is 18.6 Å². The van der Waals surface area contributed by atoms with E-state index in [4.69, 9.17) is 14.9 Å². The van der Waals surface area contributed by atoms with Crippen LogP contribution in [-0.4, -0.2) is 58.9 Å². The van der Waals surface area contributed by atoms with Gasteiger partial charge in [-0.1, -0.05) is 50.7 Å². The normalized spacial score (nSPS) is 17.3. The third-order valence-corrected chi connectivity index (χ3v) is 13.5. The Labute approximate surface area is 256 Å². The number of rotatable bonds is 12.